The summed E-state index contributed by atoms with van der Waals surface area (Å²) in [7, 11) is 2.75. The van der Waals surface area contributed by atoms with Gasteiger partial charge in [-0.05, 0) is 19.3 Å². The van der Waals surface area contributed by atoms with Gasteiger partial charge in [0.15, 0.2) is 0 Å². The molecule has 0 radical (unpaired) electrons. The minimum atomic E-state index is -1.22. The predicted molar refractivity (Wildman–Crippen MR) is 69.9 cm³/mol. The van der Waals surface area contributed by atoms with Gasteiger partial charge in [-0.15, -0.1) is 0 Å². The van der Waals surface area contributed by atoms with E-state index in [9.17, 15) is 14.4 Å². The molecule has 0 saturated carbocycles. The first-order valence-electron chi connectivity index (χ1n) is 6.26. The number of esters is 1. The molecule has 0 aliphatic heterocycles. The Morgan fingerprint density at radius 2 is 1.90 bits per heavy atom. The first-order valence-corrected chi connectivity index (χ1v) is 6.26. The van der Waals surface area contributed by atoms with Crippen LogP contribution in [0.3, 0.4) is 0 Å². The van der Waals surface area contributed by atoms with Gasteiger partial charge in [-0.3, -0.25) is 9.59 Å². The second-order valence-electron chi connectivity index (χ2n) is 4.26. The number of carboxylic acid groups (broad SMARTS) is 1. The molecule has 0 fully saturated rings. The van der Waals surface area contributed by atoms with Crippen LogP contribution in [0.15, 0.2) is 0 Å². The molecule has 0 heterocycles. The first-order chi connectivity index (χ1) is 9.42. The number of carboxylic acids is 1. The second kappa shape index (κ2) is 10.2. The van der Waals surface area contributed by atoms with E-state index in [1.54, 1.807) is 7.11 Å². The molecule has 2 unspecified atom stereocenters. The van der Waals surface area contributed by atoms with Crippen LogP contribution in [0.4, 0.5) is 0 Å². The highest BCUT2D eigenvalue weighted by molar-refractivity contribution is 5.87. The van der Waals surface area contributed by atoms with Gasteiger partial charge in [0.1, 0.15) is 6.04 Å². The average Bonchev–Trinajstić information content (AvgIpc) is 2.42. The Kier molecular flexibility index (Phi) is 9.31. The van der Waals surface area contributed by atoms with E-state index in [2.05, 4.69) is 10.1 Å². The number of rotatable bonds is 10. The van der Waals surface area contributed by atoms with Gasteiger partial charge in [0.05, 0.1) is 13.2 Å². The Hall–Kier alpha value is -1.67. The quantitative estimate of drug-likeness (QED) is 0.357. The molecule has 0 aliphatic carbocycles. The minimum absolute atomic E-state index is 0.0431. The lowest BCUT2D eigenvalue weighted by molar-refractivity contribution is -0.144. The lowest BCUT2D eigenvalue weighted by Gasteiger charge is -2.17. The zero-order chi connectivity index (χ0) is 15.5. The summed E-state index contributed by atoms with van der Waals surface area (Å²) in [6, 6.07) is -1.96. The van der Waals surface area contributed by atoms with Crippen molar-refractivity contribution in [3.8, 4) is 0 Å². The minimum Gasteiger partial charge on any atom is -0.480 e. The van der Waals surface area contributed by atoms with Crippen LogP contribution in [-0.2, 0) is 23.9 Å². The fraction of sp³-hybridized carbons (Fsp3) is 0.750. The molecular weight excluding hydrogens is 268 g/mol. The van der Waals surface area contributed by atoms with Crippen LogP contribution in [-0.4, -0.2) is 55.9 Å². The number of ether oxygens (including phenoxy) is 2. The standard InChI is InChI=1S/C12H22N2O6/c1-19-7-3-4-8(13)11(16)14-9(12(17)18)5-6-10(15)20-2/h8-9H,3-7,13H2,1-2H3,(H,14,16)(H,17,18). The summed E-state index contributed by atoms with van der Waals surface area (Å²) in [5.74, 6) is -2.31. The van der Waals surface area contributed by atoms with Crippen LogP contribution in [0, 0.1) is 0 Å². The van der Waals surface area contributed by atoms with Crippen molar-refractivity contribution in [2.75, 3.05) is 20.8 Å². The molecule has 116 valence electrons. The smallest absolute Gasteiger partial charge is 0.326 e. The molecule has 0 aromatic heterocycles. The molecule has 2 atom stereocenters. The summed E-state index contributed by atoms with van der Waals surface area (Å²) in [6.07, 6.45) is 0.860. The number of amides is 1. The molecule has 0 aromatic rings. The average molecular weight is 290 g/mol. The molecule has 8 nitrogen and oxygen atoms in total. The molecular formula is C12H22N2O6. The third-order valence-corrected chi connectivity index (χ3v) is 2.68. The number of hydrogen-bond acceptors (Lipinski definition) is 6. The summed E-state index contributed by atoms with van der Waals surface area (Å²) >= 11 is 0. The van der Waals surface area contributed by atoms with Crippen molar-refractivity contribution in [3.63, 3.8) is 0 Å². The number of carbonyl (C=O) groups excluding carboxylic acids is 2. The third kappa shape index (κ3) is 7.70. The lowest BCUT2D eigenvalue weighted by atomic mass is 10.1. The Morgan fingerprint density at radius 3 is 2.40 bits per heavy atom. The normalized spacial score (nSPS) is 13.3. The summed E-state index contributed by atoms with van der Waals surface area (Å²) in [5.41, 5.74) is 5.64. The summed E-state index contributed by atoms with van der Waals surface area (Å²) in [6.45, 7) is 0.478. The van der Waals surface area contributed by atoms with Crippen LogP contribution in [0.25, 0.3) is 0 Å². The van der Waals surface area contributed by atoms with Crippen LogP contribution >= 0.6 is 0 Å². The zero-order valence-electron chi connectivity index (χ0n) is 11.8. The zero-order valence-corrected chi connectivity index (χ0v) is 11.8. The molecule has 0 rings (SSSR count). The van der Waals surface area contributed by atoms with Crippen molar-refractivity contribution < 1.29 is 29.0 Å². The Morgan fingerprint density at radius 1 is 1.25 bits per heavy atom. The first kappa shape index (κ1) is 18.3. The van der Waals surface area contributed by atoms with E-state index in [4.69, 9.17) is 15.6 Å². The molecule has 0 aromatic carbocycles. The maximum absolute atomic E-state index is 11.7. The monoisotopic (exact) mass is 290 g/mol. The molecule has 1 amide bonds. The fourth-order valence-corrected chi connectivity index (χ4v) is 1.48. The van der Waals surface area contributed by atoms with Crippen LogP contribution in [0.1, 0.15) is 25.7 Å². The van der Waals surface area contributed by atoms with Crippen molar-refractivity contribution >= 4 is 17.8 Å². The predicted octanol–water partition coefficient (Wildman–Crippen LogP) is -0.737. The van der Waals surface area contributed by atoms with Gasteiger partial charge >= 0.3 is 11.9 Å². The van der Waals surface area contributed by atoms with Gasteiger partial charge in [-0.1, -0.05) is 0 Å². The number of methoxy groups -OCH3 is 2. The number of carbonyl (C=O) groups is 3. The molecule has 0 saturated heterocycles. The van der Waals surface area contributed by atoms with Crippen molar-refractivity contribution in [2.24, 2.45) is 5.73 Å². The van der Waals surface area contributed by atoms with Crippen molar-refractivity contribution in [1.29, 1.82) is 0 Å². The van der Waals surface area contributed by atoms with E-state index in [0.717, 1.165) is 0 Å². The fourth-order valence-electron chi connectivity index (χ4n) is 1.48. The number of hydrogen-bond donors (Lipinski definition) is 3. The SMILES string of the molecule is COCCCC(N)C(=O)NC(CCC(=O)OC)C(=O)O. The van der Waals surface area contributed by atoms with Gasteiger partial charge in [0.25, 0.3) is 0 Å². The van der Waals surface area contributed by atoms with Gasteiger partial charge in [-0.2, -0.15) is 0 Å². The lowest BCUT2D eigenvalue weighted by Crippen LogP contribution is -2.48. The summed E-state index contributed by atoms with van der Waals surface area (Å²) in [4.78, 5) is 33.7. The van der Waals surface area contributed by atoms with Gasteiger partial charge in [0.2, 0.25) is 5.91 Å². The van der Waals surface area contributed by atoms with Gasteiger partial charge in [0, 0.05) is 20.1 Å². The highest BCUT2D eigenvalue weighted by atomic mass is 16.5. The van der Waals surface area contributed by atoms with Crippen molar-refractivity contribution in [2.45, 2.75) is 37.8 Å². The maximum atomic E-state index is 11.7. The molecule has 0 spiro atoms. The van der Waals surface area contributed by atoms with Crippen LogP contribution < -0.4 is 11.1 Å². The summed E-state index contributed by atoms with van der Waals surface area (Å²) in [5, 5.41) is 11.3. The number of nitrogens with two attached hydrogens (primary N) is 1. The van der Waals surface area contributed by atoms with Crippen molar-refractivity contribution in [1.82, 2.24) is 5.32 Å². The number of nitrogens with one attached hydrogen (secondary N) is 1. The van der Waals surface area contributed by atoms with Crippen LogP contribution in [0.2, 0.25) is 0 Å². The molecule has 4 N–H and O–H groups in total. The van der Waals surface area contributed by atoms with E-state index >= 15 is 0 Å². The van der Waals surface area contributed by atoms with E-state index in [-0.39, 0.29) is 12.8 Å². The van der Waals surface area contributed by atoms with Crippen LogP contribution in [0.5, 0.6) is 0 Å². The Balaban J connectivity index is 4.25. The Labute approximate surface area is 117 Å². The number of aliphatic carboxylic acids is 1. The van der Waals surface area contributed by atoms with E-state index in [0.29, 0.717) is 19.4 Å². The van der Waals surface area contributed by atoms with Gasteiger partial charge < -0.3 is 25.6 Å². The van der Waals surface area contributed by atoms with Crippen molar-refractivity contribution in [3.05, 3.63) is 0 Å². The molecule has 20 heavy (non-hydrogen) atoms. The molecule has 8 heteroatoms. The van der Waals surface area contributed by atoms with Gasteiger partial charge in [-0.25, -0.2) is 4.79 Å². The van der Waals surface area contributed by atoms with E-state index < -0.39 is 29.9 Å². The highest BCUT2D eigenvalue weighted by Gasteiger charge is 2.23. The Bertz CT molecular complexity index is 334. The second-order valence-corrected chi connectivity index (χ2v) is 4.26. The van der Waals surface area contributed by atoms with E-state index in [1.807, 2.05) is 0 Å². The summed E-state index contributed by atoms with van der Waals surface area (Å²) < 4.78 is 9.25. The topological polar surface area (TPSA) is 128 Å². The highest BCUT2D eigenvalue weighted by Crippen LogP contribution is 2.02. The third-order valence-electron chi connectivity index (χ3n) is 2.68. The van der Waals surface area contributed by atoms with E-state index in [1.165, 1.54) is 7.11 Å². The maximum Gasteiger partial charge on any atom is 0.326 e. The molecule has 0 aliphatic rings. The largest absolute Gasteiger partial charge is 0.480 e. The molecule has 0 bridgehead atoms.